The Hall–Kier alpha value is -1.20. The molecule has 0 aliphatic carbocycles. The highest BCUT2D eigenvalue weighted by atomic mass is 32.1. The first-order valence-electron chi connectivity index (χ1n) is 3.52. The van der Waals surface area contributed by atoms with Crippen molar-refractivity contribution in [1.29, 1.82) is 0 Å². The van der Waals surface area contributed by atoms with Crippen LogP contribution in [-0.4, -0.2) is 23.7 Å². The molecule has 8 heteroatoms. The van der Waals surface area contributed by atoms with Crippen LogP contribution in [0.1, 0.15) is 5.69 Å². The molecule has 1 aromatic heterocycles. The van der Waals surface area contributed by atoms with Gasteiger partial charge in [0.15, 0.2) is 10.8 Å². The van der Waals surface area contributed by atoms with Gasteiger partial charge in [-0.1, -0.05) is 5.16 Å². The fourth-order valence-electron chi connectivity index (χ4n) is 0.758. The number of amides is 1. The lowest BCUT2D eigenvalue weighted by atomic mass is 10.3. The van der Waals surface area contributed by atoms with Crippen molar-refractivity contribution in [2.24, 2.45) is 10.9 Å². The van der Waals surface area contributed by atoms with Crippen LogP contribution in [0, 0.1) is 0 Å². The summed E-state index contributed by atoms with van der Waals surface area (Å²) in [4.78, 5) is 19.5. The third kappa shape index (κ3) is 2.40. The second kappa shape index (κ2) is 4.88. The first-order chi connectivity index (χ1) is 6.69. The van der Waals surface area contributed by atoms with E-state index in [0.29, 0.717) is 10.8 Å². The molecular formula is C6H9N4O2PS. The van der Waals surface area contributed by atoms with Crippen LogP contribution in [0.5, 0.6) is 0 Å². The van der Waals surface area contributed by atoms with Gasteiger partial charge in [0.25, 0.3) is 5.91 Å². The Labute approximate surface area is 86.8 Å². The van der Waals surface area contributed by atoms with Gasteiger partial charge in [0.2, 0.25) is 0 Å². The summed E-state index contributed by atoms with van der Waals surface area (Å²) in [5, 5.41) is 8.56. The molecule has 1 rings (SSSR count). The molecule has 1 unspecified atom stereocenters. The Kier molecular flexibility index (Phi) is 3.79. The largest absolute Gasteiger partial charge is 0.398 e. The van der Waals surface area contributed by atoms with Crippen LogP contribution in [0.2, 0.25) is 0 Å². The lowest BCUT2D eigenvalue weighted by Gasteiger charge is -1.96. The molecule has 6 nitrogen and oxygen atoms in total. The maximum absolute atomic E-state index is 10.9. The van der Waals surface area contributed by atoms with Crippen LogP contribution >= 0.6 is 20.7 Å². The normalized spacial score (nSPS) is 11.1. The van der Waals surface area contributed by atoms with E-state index in [-0.39, 0.29) is 5.71 Å². The number of nitrogens with one attached hydrogen (secondary N) is 1. The molecule has 0 aliphatic rings. The van der Waals surface area contributed by atoms with Gasteiger partial charge in [0, 0.05) is 5.38 Å². The van der Waals surface area contributed by atoms with Crippen molar-refractivity contribution in [3.63, 3.8) is 0 Å². The molecule has 0 saturated carbocycles. The summed E-state index contributed by atoms with van der Waals surface area (Å²) in [7, 11) is 3.64. The summed E-state index contributed by atoms with van der Waals surface area (Å²) in [5.74, 6) is -0.674. The van der Waals surface area contributed by atoms with E-state index in [4.69, 9.17) is 5.73 Å². The number of nitrogens with zero attached hydrogens (tertiary/aromatic N) is 2. The van der Waals surface area contributed by atoms with E-state index >= 15 is 0 Å². The molecular weight excluding hydrogens is 223 g/mol. The third-order valence-corrected chi connectivity index (χ3v) is 2.54. The molecule has 1 amide bonds. The highest BCUT2D eigenvalue weighted by Crippen LogP contribution is 2.17. The molecule has 14 heavy (non-hydrogen) atoms. The van der Waals surface area contributed by atoms with E-state index in [0.717, 1.165) is 0 Å². The number of carbonyl (C=O) groups excluding carboxylic acids is 1. The number of aromatic nitrogens is 1. The monoisotopic (exact) mass is 232 g/mol. The summed E-state index contributed by atoms with van der Waals surface area (Å²) >= 11 is 1.33. The van der Waals surface area contributed by atoms with Gasteiger partial charge in [0.1, 0.15) is 12.8 Å². The smallest absolute Gasteiger partial charge is 0.273 e. The minimum Gasteiger partial charge on any atom is -0.398 e. The van der Waals surface area contributed by atoms with E-state index in [1.165, 1.54) is 18.4 Å². The van der Waals surface area contributed by atoms with E-state index < -0.39 is 5.91 Å². The van der Waals surface area contributed by atoms with Crippen molar-refractivity contribution in [1.82, 2.24) is 4.98 Å². The van der Waals surface area contributed by atoms with Crippen LogP contribution in [-0.2, 0) is 9.63 Å². The predicted octanol–water partition coefficient (Wildman–Crippen LogP) is 0.181. The van der Waals surface area contributed by atoms with Gasteiger partial charge >= 0.3 is 0 Å². The predicted molar refractivity (Wildman–Crippen MR) is 58.2 cm³/mol. The first-order valence-corrected chi connectivity index (χ1v) is 4.98. The summed E-state index contributed by atoms with van der Waals surface area (Å²) in [6.07, 6.45) is 0. The number of rotatable bonds is 4. The molecule has 0 bridgehead atoms. The minimum atomic E-state index is -0.674. The topological polar surface area (TPSA) is 89.6 Å². The maximum Gasteiger partial charge on any atom is 0.273 e. The quantitative estimate of drug-likeness (QED) is 0.440. The van der Waals surface area contributed by atoms with Crippen LogP contribution in [0.25, 0.3) is 0 Å². The standard InChI is InChI=1S/C6H9N4O2PS/c1-12-9-4(5(7)11)3-2-14-6(8-3)10-13/h2H,13H2,1H3,(H2,7,11)(H,8,10)/b9-4-. The van der Waals surface area contributed by atoms with Crippen molar-refractivity contribution in [2.45, 2.75) is 0 Å². The zero-order valence-electron chi connectivity index (χ0n) is 7.35. The van der Waals surface area contributed by atoms with Crippen LogP contribution < -0.4 is 10.8 Å². The van der Waals surface area contributed by atoms with Gasteiger partial charge in [-0.15, -0.1) is 11.3 Å². The molecule has 0 spiro atoms. The second-order valence-corrected chi connectivity index (χ2v) is 3.32. The lowest BCUT2D eigenvalue weighted by molar-refractivity contribution is -0.112. The molecule has 3 N–H and O–H groups in total. The van der Waals surface area contributed by atoms with Gasteiger partial charge in [0.05, 0.1) is 0 Å². The molecule has 0 radical (unpaired) electrons. The van der Waals surface area contributed by atoms with Crippen molar-refractivity contribution < 1.29 is 9.63 Å². The van der Waals surface area contributed by atoms with Gasteiger partial charge in [-0.3, -0.25) is 4.79 Å². The van der Waals surface area contributed by atoms with Gasteiger partial charge in [-0.05, 0) is 9.39 Å². The third-order valence-electron chi connectivity index (χ3n) is 1.29. The summed E-state index contributed by atoms with van der Waals surface area (Å²) in [5.41, 5.74) is 5.50. The number of hydrogen-bond acceptors (Lipinski definition) is 6. The van der Waals surface area contributed by atoms with E-state index in [9.17, 15) is 4.79 Å². The Morgan fingerprint density at radius 1 is 1.86 bits per heavy atom. The molecule has 1 heterocycles. The van der Waals surface area contributed by atoms with Crippen LogP contribution in [0.3, 0.4) is 0 Å². The zero-order chi connectivity index (χ0) is 10.6. The number of thiazole rings is 1. The van der Waals surface area contributed by atoms with Crippen molar-refractivity contribution in [3.05, 3.63) is 11.1 Å². The number of primary amides is 1. The Morgan fingerprint density at radius 3 is 3.00 bits per heavy atom. The summed E-state index contributed by atoms with van der Waals surface area (Å²) in [6.45, 7) is 0. The molecule has 0 aromatic carbocycles. The minimum absolute atomic E-state index is 0.00949. The Morgan fingerprint density at radius 2 is 2.57 bits per heavy atom. The first kappa shape index (κ1) is 10.9. The lowest BCUT2D eigenvalue weighted by Crippen LogP contribution is -2.24. The van der Waals surface area contributed by atoms with Crippen molar-refractivity contribution >= 4 is 37.5 Å². The molecule has 1 atom stereocenters. The fraction of sp³-hybridized carbons (Fsp3) is 0.167. The SMILES string of the molecule is CO/N=C(\C(N)=O)c1csc(NP)n1. The number of carbonyl (C=O) groups is 1. The summed E-state index contributed by atoms with van der Waals surface area (Å²) < 4.78 is 0. The zero-order valence-corrected chi connectivity index (χ0v) is 9.32. The van der Waals surface area contributed by atoms with Crippen LogP contribution in [0.4, 0.5) is 5.13 Å². The van der Waals surface area contributed by atoms with Crippen LogP contribution in [0.15, 0.2) is 10.5 Å². The Balaban J connectivity index is 3.00. The average Bonchev–Trinajstić information content (AvgIpc) is 2.61. The van der Waals surface area contributed by atoms with E-state index in [2.05, 4.69) is 29.5 Å². The molecule has 76 valence electrons. The van der Waals surface area contributed by atoms with E-state index in [1.807, 2.05) is 0 Å². The number of nitrogens with two attached hydrogens (primary N) is 1. The van der Waals surface area contributed by atoms with Gasteiger partial charge in [-0.2, -0.15) is 0 Å². The summed E-state index contributed by atoms with van der Waals surface area (Å²) in [6, 6.07) is 0. The molecule has 0 saturated heterocycles. The number of oxime groups is 1. The molecule has 1 aromatic rings. The number of hydrogen-bond donors (Lipinski definition) is 2. The van der Waals surface area contributed by atoms with E-state index in [1.54, 1.807) is 5.38 Å². The highest BCUT2D eigenvalue weighted by molar-refractivity contribution is 7.23. The molecule has 0 aliphatic heterocycles. The molecule has 0 fully saturated rings. The second-order valence-electron chi connectivity index (χ2n) is 2.17. The average molecular weight is 232 g/mol. The highest BCUT2D eigenvalue weighted by Gasteiger charge is 2.14. The Bertz CT molecular complexity index is 364. The van der Waals surface area contributed by atoms with Gasteiger partial charge in [-0.25, -0.2) is 4.98 Å². The number of anilines is 1. The fourth-order valence-corrected chi connectivity index (χ4v) is 1.63. The maximum atomic E-state index is 10.9. The van der Waals surface area contributed by atoms with Crippen molar-refractivity contribution in [3.8, 4) is 0 Å². The van der Waals surface area contributed by atoms with Crippen molar-refractivity contribution in [2.75, 3.05) is 12.2 Å². The van der Waals surface area contributed by atoms with Gasteiger partial charge < -0.3 is 15.7 Å².